The third kappa shape index (κ3) is 6.33. The molecule has 0 bridgehead atoms. The average Bonchev–Trinajstić information content (AvgIpc) is 3.17. The Bertz CT molecular complexity index is 1080. The van der Waals surface area contributed by atoms with Crippen LogP contribution in [0.15, 0.2) is 36.4 Å². The van der Waals surface area contributed by atoms with Crippen LogP contribution in [-0.4, -0.2) is 44.4 Å². The van der Waals surface area contributed by atoms with Gasteiger partial charge in [-0.1, -0.05) is 37.3 Å². The van der Waals surface area contributed by atoms with Gasteiger partial charge in [0.2, 0.25) is 15.9 Å². The van der Waals surface area contributed by atoms with Crippen LogP contribution in [-0.2, 0) is 14.8 Å². The van der Waals surface area contributed by atoms with Gasteiger partial charge in [-0.25, -0.2) is 17.9 Å². The van der Waals surface area contributed by atoms with E-state index in [2.05, 4.69) is 11.6 Å². The van der Waals surface area contributed by atoms with Crippen molar-refractivity contribution in [3.05, 3.63) is 36.4 Å². The Labute approximate surface area is 198 Å². The SMILES string of the molecule is CNS(=O)(=O)CC(C)N(C(=O)C1CCC(C)CC1)c1sc(-c2ccccc2)cc1OC(=O)O. The summed E-state index contributed by atoms with van der Waals surface area (Å²) in [5.74, 6) is -0.193. The second-order valence-corrected chi connectivity index (χ2v) is 11.5. The molecule has 33 heavy (non-hydrogen) atoms. The maximum Gasteiger partial charge on any atom is 0.511 e. The van der Waals surface area contributed by atoms with Crippen molar-refractivity contribution in [3.8, 4) is 16.2 Å². The molecule has 3 rings (SSSR count). The van der Waals surface area contributed by atoms with Crippen LogP contribution in [0.5, 0.6) is 5.75 Å². The topological polar surface area (TPSA) is 113 Å². The minimum absolute atomic E-state index is 0.0255. The molecule has 2 aromatic rings. The molecule has 1 fully saturated rings. The zero-order valence-corrected chi connectivity index (χ0v) is 20.6. The lowest BCUT2D eigenvalue weighted by Gasteiger charge is -2.34. The van der Waals surface area contributed by atoms with Crippen LogP contribution in [0.2, 0.25) is 0 Å². The summed E-state index contributed by atoms with van der Waals surface area (Å²) in [6.07, 6.45) is 1.78. The molecular formula is C23H30N2O6S2. The second-order valence-electron chi connectivity index (χ2n) is 8.51. The molecule has 0 radical (unpaired) electrons. The van der Waals surface area contributed by atoms with Gasteiger partial charge in [0.1, 0.15) is 5.00 Å². The van der Waals surface area contributed by atoms with E-state index in [-0.39, 0.29) is 23.3 Å². The van der Waals surface area contributed by atoms with Crippen molar-refractivity contribution in [1.82, 2.24) is 4.72 Å². The normalized spacial score (nSPS) is 19.6. The molecule has 2 N–H and O–H groups in total. The van der Waals surface area contributed by atoms with Crippen LogP contribution in [0.25, 0.3) is 10.4 Å². The third-order valence-electron chi connectivity index (χ3n) is 5.97. The zero-order chi connectivity index (χ0) is 24.2. The summed E-state index contributed by atoms with van der Waals surface area (Å²) < 4.78 is 32.0. The van der Waals surface area contributed by atoms with Gasteiger partial charge in [0, 0.05) is 16.9 Å². The molecule has 1 aliphatic carbocycles. The molecule has 1 saturated carbocycles. The van der Waals surface area contributed by atoms with Crippen LogP contribution in [0.3, 0.4) is 0 Å². The Hall–Kier alpha value is -2.43. The van der Waals surface area contributed by atoms with Crippen LogP contribution >= 0.6 is 11.3 Å². The van der Waals surface area contributed by atoms with E-state index in [4.69, 9.17) is 4.74 Å². The van der Waals surface area contributed by atoms with Gasteiger partial charge in [0.25, 0.3) is 0 Å². The Kier molecular flexibility index (Phi) is 8.14. The summed E-state index contributed by atoms with van der Waals surface area (Å²) in [6, 6.07) is 10.2. The van der Waals surface area contributed by atoms with Crippen molar-refractivity contribution < 1.29 is 27.9 Å². The van der Waals surface area contributed by atoms with Gasteiger partial charge in [-0.2, -0.15) is 0 Å². The van der Waals surface area contributed by atoms with Crippen LogP contribution < -0.4 is 14.4 Å². The Balaban J connectivity index is 2.07. The number of anilines is 1. The summed E-state index contributed by atoms with van der Waals surface area (Å²) in [5.41, 5.74) is 0.846. The Morgan fingerprint density at radius 2 is 1.85 bits per heavy atom. The quantitative estimate of drug-likeness (QED) is 0.520. The van der Waals surface area contributed by atoms with Gasteiger partial charge in [0.15, 0.2) is 5.75 Å². The smallest absolute Gasteiger partial charge is 0.449 e. The molecule has 0 spiro atoms. The summed E-state index contributed by atoms with van der Waals surface area (Å²) in [7, 11) is -2.29. The number of hydrogen-bond donors (Lipinski definition) is 2. The molecule has 1 atom stereocenters. The molecule has 8 nitrogen and oxygen atoms in total. The third-order valence-corrected chi connectivity index (χ3v) is 8.68. The van der Waals surface area contributed by atoms with Gasteiger partial charge >= 0.3 is 6.16 Å². The Morgan fingerprint density at radius 3 is 2.42 bits per heavy atom. The lowest BCUT2D eigenvalue weighted by Crippen LogP contribution is -2.47. The number of amides is 1. The fourth-order valence-corrected chi connectivity index (χ4v) is 6.29. The molecule has 1 aliphatic rings. The molecule has 1 amide bonds. The number of benzene rings is 1. The van der Waals surface area contributed by atoms with Crippen molar-refractivity contribution in [3.63, 3.8) is 0 Å². The van der Waals surface area contributed by atoms with E-state index < -0.39 is 22.2 Å². The zero-order valence-electron chi connectivity index (χ0n) is 19.0. The van der Waals surface area contributed by atoms with E-state index >= 15 is 0 Å². The predicted molar refractivity (Wildman–Crippen MR) is 129 cm³/mol. The number of carboxylic acid groups (broad SMARTS) is 1. The first kappa shape index (κ1) is 25.2. The van der Waals surface area contributed by atoms with E-state index in [0.717, 1.165) is 23.3 Å². The van der Waals surface area contributed by atoms with Gasteiger partial charge in [0.05, 0.1) is 11.8 Å². The van der Waals surface area contributed by atoms with Gasteiger partial charge < -0.3 is 9.84 Å². The number of ether oxygens (including phenoxy) is 1. The largest absolute Gasteiger partial charge is 0.511 e. The van der Waals surface area contributed by atoms with Crippen molar-refractivity contribution in [2.75, 3.05) is 17.7 Å². The number of nitrogens with one attached hydrogen (secondary N) is 1. The molecule has 0 saturated heterocycles. The summed E-state index contributed by atoms with van der Waals surface area (Å²) in [4.78, 5) is 27.3. The van der Waals surface area contributed by atoms with Crippen molar-refractivity contribution in [2.24, 2.45) is 11.8 Å². The van der Waals surface area contributed by atoms with Crippen molar-refractivity contribution in [2.45, 2.75) is 45.6 Å². The average molecular weight is 495 g/mol. The number of hydrogen-bond acceptors (Lipinski definition) is 6. The summed E-state index contributed by atoms with van der Waals surface area (Å²) in [5, 5.41) is 9.61. The van der Waals surface area contributed by atoms with E-state index in [9.17, 15) is 23.1 Å². The lowest BCUT2D eigenvalue weighted by atomic mass is 9.82. The predicted octanol–water partition coefficient (Wildman–Crippen LogP) is 4.57. The standard InChI is InChI=1S/C23H30N2O6S2/c1-15-9-11-18(12-10-15)21(26)25(16(2)14-33(29,30)24-3)22-19(31-23(27)28)13-20(32-22)17-7-5-4-6-8-17/h4-8,13,15-16,18,24H,9-12,14H2,1-3H3,(H,27,28). The second kappa shape index (κ2) is 10.7. The molecule has 1 heterocycles. The molecule has 180 valence electrons. The number of rotatable bonds is 8. The van der Waals surface area contributed by atoms with Crippen LogP contribution in [0.4, 0.5) is 9.80 Å². The van der Waals surface area contributed by atoms with Gasteiger partial charge in [-0.3, -0.25) is 9.69 Å². The van der Waals surface area contributed by atoms with Crippen molar-refractivity contribution in [1.29, 1.82) is 0 Å². The van der Waals surface area contributed by atoms with E-state index in [0.29, 0.717) is 23.8 Å². The number of thiophene rings is 1. The molecule has 10 heteroatoms. The first-order chi connectivity index (χ1) is 15.6. The van der Waals surface area contributed by atoms with Gasteiger partial charge in [-0.15, -0.1) is 11.3 Å². The monoisotopic (exact) mass is 494 g/mol. The first-order valence-electron chi connectivity index (χ1n) is 11.0. The summed E-state index contributed by atoms with van der Waals surface area (Å²) in [6.45, 7) is 3.81. The van der Waals surface area contributed by atoms with E-state index in [1.165, 1.54) is 23.3 Å². The highest BCUT2D eigenvalue weighted by atomic mass is 32.2. The lowest BCUT2D eigenvalue weighted by molar-refractivity contribution is -0.123. The number of carbonyl (C=O) groups excluding carboxylic acids is 1. The molecule has 1 aromatic heterocycles. The van der Waals surface area contributed by atoms with Crippen LogP contribution in [0, 0.1) is 11.8 Å². The maximum atomic E-state index is 13.7. The molecule has 0 aliphatic heterocycles. The fraction of sp³-hybridized carbons (Fsp3) is 0.478. The first-order valence-corrected chi connectivity index (χ1v) is 13.4. The number of nitrogens with zero attached hydrogens (tertiary/aromatic N) is 1. The van der Waals surface area contributed by atoms with Gasteiger partial charge in [-0.05, 0) is 51.1 Å². The highest BCUT2D eigenvalue weighted by Crippen LogP contribution is 2.45. The fourth-order valence-electron chi connectivity index (χ4n) is 4.14. The minimum atomic E-state index is -3.62. The van der Waals surface area contributed by atoms with Crippen molar-refractivity contribution >= 4 is 38.4 Å². The molecular weight excluding hydrogens is 464 g/mol. The van der Waals surface area contributed by atoms with E-state index in [1.807, 2.05) is 30.3 Å². The minimum Gasteiger partial charge on any atom is -0.449 e. The highest BCUT2D eigenvalue weighted by Gasteiger charge is 2.36. The molecule has 1 unspecified atom stereocenters. The Morgan fingerprint density at radius 1 is 1.21 bits per heavy atom. The van der Waals surface area contributed by atoms with E-state index in [1.54, 1.807) is 13.0 Å². The highest BCUT2D eigenvalue weighted by molar-refractivity contribution is 7.89. The number of sulfonamides is 1. The maximum absolute atomic E-state index is 13.7. The number of carbonyl (C=O) groups is 2. The summed E-state index contributed by atoms with van der Waals surface area (Å²) >= 11 is 1.22. The molecule has 1 aromatic carbocycles. The van der Waals surface area contributed by atoms with Crippen LogP contribution in [0.1, 0.15) is 39.5 Å².